The van der Waals surface area contributed by atoms with Gasteiger partial charge in [-0.1, -0.05) is 0 Å². The normalized spacial score (nSPS) is 15.2. The molecule has 7 nitrogen and oxygen atoms in total. The molecule has 1 aliphatic rings. The number of piperazine rings is 1. The molecule has 7 heteroatoms. The van der Waals surface area contributed by atoms with Crippen LogP contribution in [-0.2, 0) is 9.53 Å². The second-order valence-electron chi connectivity index (χ2n) is 4.48. The summed E-state index contributed by atoms with van der Waals surface area (Å²) in [6.45, 7) is 2.28. The number of nitrogens with zero attached hydrogens (tertiary/aromatic N) is 3. The van der Waals surface area contributed by atoms with Crippen LogP contribution in [0, 0.1) is 0 Å². The van der Waals surface area contributed by atoms with Gasteiger partial charge in [-0.15, -0.1) is 0 Å². The summed E-state index contributed by atoms with van der Waals surface area (Å²) in [6, 6.07) is 3.14. The Morgan fingerprint density at radius 2 is 2.05 bits per heavy atom. The molecule has 1 aromatic rings. The van der Waals surface area contributed by atoms with Gasteiger partial charge in [0.25, 0.3) is 0 Å². The van der Waals surface area contributed by atoms with Crippen molar-refractivity contribution in [2.45, 2.75) is 0 Å². The molecular formula is C13H17N3O4. The van der Waals surface area contributed by atoms with E-state index in [-0.39, 0.29) is 18.1 Å². The average molecular weight is 279 g/mol. The summed E-state index contributed by atoms with van der Waals surface area (Å²) < 4.78 is 4.82. The largest absolute Gasteiger partial charge is 0.478 e. The topological polar surface area (TPSA) is 83.0 Å². The Bertz CT molecular complexity index is 498. The van der Waals surface area contributed by atoms with Crippen LogP contribution in [0.3, 0.4) is 0 Å². The fourth-order valence-electron chi connectivity index (χ4n) is 2.20. The van der Waals surface area contributed by atoms with Gasteiger partial charge in [0.15, 0.2) is 0 Å². The van der Waals surface area contributed by atoms with Crippen molar-refractivity contribution in [1.29, 1.82) is 0 Å². The summed E-state index contributed by atoms with van der Waals surface area (Å²) in [6.07, 6.45) is 1.57. The Morgan fingerprint density at radius 3 is 2.65 bits per heavy atom. The van der Waals surface area contributed by atoms with Crippen molar-refractivity contribution in [3.05, 3.63) is 23.9 Å². The van der Waals surface area contributed by atoms with Crippen molar-refractivity contribution < 1.29 is 19.4 Å². The van der Waals surface area contributed by atoms with Gasteiger partial charge in [0.1, 0.15) is 18.0 Å². The van der Waals surface area contributed by atoms with E-state index in [0.717, 1.165) is 0 Å². The van der Waals surface area contributed by atoms with E-state index >= 15 is 0 Å². The lowest BCUT2D eigenvalue weighted by atomic mass is 10.2. The maximum absolute atomic E-state index is 11.7. The molecule has 1 amide bonds. The van der Waals surface area contributed by atoms with Gasteiger partial charge >= 0.3 is 5.97 Å². The number of pyridine rings is 1. The zero-order valence-electron chi connectivity index (χ0n) is 11.3. The molecule has 0 unspecified atom stereocenters. The van der Waals surface area contributed by atoms with E-state index < -0.39 is 5.97 Å². The third-order valence-electron chi connectivity index (χ3n) is 3.22. The minimum Gasteiger partial charge on any atom is -0.478 e. The SMILES string of the molecule is COCC(=O)N1CCN(c2ncccc2C(=O)O)CC1. The number of hydrogen-bond donors (Lipinski definition) is 1. The van der Waals surface area contributed by atoms with Crippen molar-refractivity contribution in [3.8, 4) is 0 Å². The van der Waals surface area contributed by atoms with Gasteiger partial charge in [-0.3, -0.25) is 4.79 Å². The Morgan fingerprint density at radius 1 is 1.35 bits per heavy atom. The maximum atomic E-state index is 11.7. The van der Waals surface area contributed by atoms with Crippen LogP contribution in [0.4, 0.5) is 5.82 Å². The molecule has 0 radical (unpaired) electrons. The highest BCUT2D eigenvalue weighted by Gasteiger charge is 2.24. The van der Waals surface area contributed by atoms with Crippen LogP contribution < -0.4 is 4.90 Å². The minimum absolute atomic E-state index is 0.0494. The maximum Gasteiger partial charge on any atom is 0.339 e. The van der Waals surface area contributed by atoms with Crippen LogP contribution in [0.15, 0.2) is 18.3 Å². The molecule has 0 aliphatic carbocycles. The molecule has 0 aromatic carbocycles. The molecule has 1 aliphatic heterocycles. The Balaban J connectivity index is 2.04. The number of carboxylic acid groups (broad SMARTS) is 1. The number of rotatable bonds is 4. The first-order chi connectivity index (χ1) is 9.63. The molecule has 0 bridgehead atoms. The number of carbonyl (C=O) groups is 2. The molecule has 0 atom stereocenters. The van der Waals surface area contributed by atoms with E-state index in [0.29, 0.717) is 32.0 Å². The van der Waals surface area contributed by atoms with Gasteiger partial charge in [0, 0.05) is 39.5 Å². The number of amides is 1. The van der Waals surface area contributed by atoms with Crippen molar-refractivity contribution in [2.24, 2.45) is 0 Å². The monoisotopic (exact) mass is 279 g/mol. The first-order valence-electron chi connectivity index (χ1n) is 6.33. The zero-order chi connectivity index (χ0) is 14.5. The predicted octanol–water partition coefficient (Wildman–Crippen LogP) is 0.0748. The third-order valence-corrected chi connectivity index (χ3v) is 3.22. The smallest absolute Gasteiger partial charge is 0.339 e. The van der Waals surface area contributed by atoms with Gasteiger partial charge in [0.05, 0.1) is 0 Å². The summed E-state index contributed by atoms with van der Waals surface area (Å²) in [5.41, 5.74) is 0.184. The number of aromatic nitrogens is 1. The van der Waals surface area contributed by atoms with Gasteiger partial charge in [-0.05, 0) is 12.1 Å². The van der Waals surface area contributed by atoms with Crippen molar-refractivity contribution in [3.63, 3.8) is 0 Å². The predicted molar refractivity (Wildman–Crippen MR) is 71.9 cm³/mol. The Labute approximate surface area is 116 Å². The number of methoxy groups -OCH3 is 1. The van der Waals surface area contributed by atoms with E-state index in [9.17, 15) is 9.59 Å². The van der Waals surface area contributed by atoms with E-state index in [2.05, 4.69) is 4.98 Å². The molecule has 108 valence electrons. The lowest BCUT2D eigenvalue weighted by Gasteiger charge is -2.35. The number of ether oxygens (including phenoxy) is 1. The standard InChI is InChI=1S/C13H17N3O4/c1-20-9-11(17)15-5-7-16(8-6-15)12-10(13(18)19)3-2-4-14-12/h2-4H,5-9H2,1H3,(H,18,19). The highest BCUT2D eigenvalue weighted by molar-refractivity contribution is 5.93. The van der Waals surface area contributed by atoms with E-state index in [1.54, 1.807) is 17.2 Å². The lowest BCUT2D eigenvalue weighted by Crippen LogP contribution is -2.50. The highest BCUT2D eigenvalue weighted by atomic mass is 16.5. The van der Waals surface area contributed by atoms with Crippen molar-refractivity contribution in [2.75, 3.05) is 44.8 Å². The summed E-state index contributed by atoms with van der Waals surface area (Å²) >= 11 is 0. The average Bonchev–Trinajstić information content (AvgIpc) is 2.47. The molecule has 1 N–H and O–H groups in total. The van der Waals surface area contributed by atoms with E-state index in [1.807, 2.05) is 4.90 Å². The summed E-state index contributed by atoms with van der Waals surface area (Å²) in [5.74, 6) is -0.587. The summed E-state index contributed by atoms with van der Waals surface area (Å²) in [5, 5.41) is 9.16. The number of aromatic carboxylic acids is 1. The molecule has 0 spiro atoms. The van der Waals surface area contributed by atoms with Gasteiger partial charge < -0.3 is 19.6 Å². The second kappa shape index (κ2) is 6.33. The Kier molecular flexibility index (Phi) is 4.52. The molecule has 0 saturated carbocycles. The number of anilines is 1. The van der Waals surface area contributed by atoms with Gasteiger partial charge in [-0.25, -0.2) is 9.78 Å². The first-order valence-corrected chi connectivity index (χ1v) is 6.33. The van der Waals surface area contributed by atoms with Crippen LogP contribution in [0.1, 0.15) is 10.4 Å². The van der Waals surface area contributed by atoms with Crippen LogP contribution in [0.25, 0.3) is 0 Å². The van der Waals surface area contributed by atoms with Crippen molar-refractivity contribution >= 4 is 17.7 Å². The van der Waals surface area contributed by atoms with Crippen molar-refractivity contribution in [1.82, 2.24) is 9.88 Å². The van der Waals surface area contributed by atoms with E-state index in [1.165, 1.54) is 13.2 Å². The Hall–Kier alpha value is -2.15. The molecule has 2 rings (SSSR count). The van der Waals surface area contributed by atoms with Crippen LogP contribution in [-0.4, -0.2) is 66.8 Å². The zero-order valence-corrected chi connectivity index (χ0v) is 11.3. The van der Waals surface area contributed by atoms with Crippen LogP contribution >= 0.6 is 0 Å². The second-order valence-corrected chi connectivity index (χ2v) is 4.48. The molecule has 2 heterocycles. The molecular weight excluding hydrogens is 262 g/mol. The molecule has 1 fully saturated rings. The number of carbonyl (C=O) groups excluding carboxylic acids is 1. The number of carboxylic acids is 1. The van der Waals surface area contributed by atoms with Gasteiger partial charge in [0.2, 0.25) is 5.91 Å². The first kappa shape index (κ1) is 14.3. The molecule has 1 saturated heterocycles. The highest BCUT2D eigenvalue weighted by Crippen LogP contribution is 2.18. The molecule has 1 aromatic heterocycles. The van der Waals surface area contributed by atoms with Gasteiger partial charge in [-0.2, -0.15) is 0 Å². The quantitative estimate of drug-likeness (QED) is 0.840. The summed E-state index contributed by atoms with van der Waals surface area (Å²) in [7, 11) is 1.49. The van der Waals surface area contributed by atoms with Crippen LogP contribution in [0.2, 0.25) is 0 Å². The van der Waals surface area contributed by atoms with E-state index in [4.69, 9.17) is 9.84 Å². The minimum atomic E-state index is -0.994. The fraction of sp³-hybridized carbons (Fsp3) is 0.462. The molecule has 20 heavy (non-hydrogen) atoms. The fourth-order valence-corrected chi connectivity index (χ4v) is 2.20. The number of hydrogen-bond acceptors (Lipinski definition) is 5. The van der Waals surface area contributed by atoms with Crippen LogP contribution in [0.5, 0.6) is 0 Å². The lowest BCUT2D eigenvalue weighted by molar-refractivity contribution is -0.135. The third kappa shape index (κ3) is 3.05. The summed E-state index contributed by atoms with van der Waals surface area (Å²) in [4.78, 5) is 30.6.